The molecule has 0 atom stereocenters. The van der Waals surface area contributed by atoms with E-state index >= 15 is 0 Å². The third-order valence-electron chi connectivity index (χ3n) is 2.95. The molecular formula is C14H17ClN4O. The van der Waals surface area contributed by atoms with Crippen LogP contribution >= 0.6 is 11.6 Å². The van der Waals surface area contributed by atoms with Crippen LogP contribution in [0.1, 0.15) is 12.0 Å². The zero-order valence-electron chi connectivity index (χ0n) is 11.3. The Bertz CT molecular complexity index is 569. The van der Waals surface area contributed by atoms with Crippen molar-refractivity contribution in [1.29, 1.82) is 0 Å². The molecule has 0 unspecified atom stereocenters. The second-order valence-corrected chi connectivity index (χ2v) is 4.85. The zero-order valence-corrected chi connectivity index (χ0v) is 12.0. The molecule has 1 aromatic carbocycles. The van der Waals surface area contributed by atoms with Gasteiger partial charge in [0, 0.05) is 36.2 Å². The van der Waals surface area contributed by atoms with Gasteiger partial charge in [-0.2, -0.15) is 0 Å². The maximum atomic E-state index is 11.8. The molecule has 6 heteroatoms. The van der Waals surface area contributed by atoms with E-state index in [1.165, 1.54) is 0 Å². The highest BCUT2D eigenvalue weighted by molar-refractivity contribution is 6.31. The van der Waals surface area contributed by atoms with Crippen molar-refractivity contribution in [2.75, 3.05) is 11.9 Å². The molecule has 2 amide bonds. The van der Waals surface area contributed by atoms with Crippen molar-refractivity contribution in [2.24, 2.45) is 0 Å². The Hall–Kier alpha value is -2.01. The first kappa shape index (κ1) is 14.4. The van der Waals surface area contributed by atoms with E-state index in [9.17, 15) is 4.79 Å². The number of aromatic nitrogens is 2. The van der Waals surface area contributed by atoms with E-state index in [0.29, 0.717) is 11.6 Å². The Morgan fingerprint density at radius 3 is 3.05 bits per heavy atom. The minimum atomic E-state index is -0.221. The number of carbonyl (C=O) groups is 1. The van der Waals surface area contributed by atoms with Gasteiger partial charge >= 0.3 is 6.03 Å². The first-order chi connectivity index (χ1) is 9.66. The van der Waals surface area contributed by atoms with Crippen LogP contribution in [0.3, 0.4) is 0 Å². The highest BCUT2D eigenvalue weighted by Crippen LogP contribution is 2.22. The third-order valence-corrected chi connectivity index (χ3v) is 3.36. The topological polar surface area (TPSA) is 59.0 Å². The molecule has 106 valence electrons. The van der Waals surface area contributed by atoms with E-state index in [2.05, 4.69) is 15.6 Å². The smallest absolute Gasteiger partial charge is 0.319 e. The van der Waals surface area contributed by atoms with Crippen LogP contribution in [0.2, 0.25) is 5.02 Å². The van der Waals surface area contributed by atoms with Crippen LogP contribution in [0.15, 0.2) is 36.9 Å². The Labute approximate surface area is 123 Å². The summed E-state index contributed by atoms with van der Waals surface area (Å²) in [6.45, 7) is 3.30. The molecule has 0 aliphatic rings. The molecule has 0 spiro atoms. The number of imidazole rings is 1. The fraction of sp³-hybridized carbons (Fsp3) is 0.286. The number of benzene rings is 1. The van der Waals surface area contributed by atoms with Crippen molar-refractivity contribution in [3.8, 4) is 0 Å². The number of hydrogen-bond acceptors (Lipinski definition) is 2. The number of nitrogens with zero attached hydrogens (tertiary/aromatic N) is 2. The SMILES string of the molecule is Cc1c(Cl)cccc1NC(=O)NCCCn1ccnc1. The normalized spacial score (nSPS) is 10.3. The molecular weight excluding hydrogens is 276 g/mol. The van der Waals surface area contributed by atoms with E-state index in [0.717, 1.165) is 24.2 Å². The van der Waals surface area contributed by atoms with Gasteiger partial charge in [-0.1, -0.05) is 17.7 Å². The van der Waals surface area contributed by atoms with Gasteiger partial charge in [0.2, 0.25) is 0 Å². The molecule has 0 aliphatic heterocycles. The molecule has 1 aromatic heterocycles. The summed E-state index contributed by atoms with van der Waals surface area (Å²) >= 11 is 6.00. The predicted octanol–water partition coefficient (Wildman–Crippen LogP) is 3.06. The van der Waals surface area contributed by atoms with Crippen molar-refractivity contribution in [3.63, 3.8) is 0 Å². The lowest BCUT2D eigenvalue weighted by Gasteiger charge is -2.10. The van der Waals surface area contributed by atoms with Gasteiger partial charge in [-0.3, -0.25) is 0 Å². The average Bonchev–Trinajstić information content (AvgIpc) is 2.93. The maximum absolute atomic E-state index is 11.8. The van der Waals surface area contributed by atoms with Crippen molar-refractivity contribution >= 4 is 23.3 Å². The summed E-state index contributed by atoms with van der Waals surface area (Å²) in [5, 5.41) is 6.25. The molecule has 0 radical (unpaired) electrons. The Morgan fingerprint density at radius 1 is 1.45 bits per heavy atom. The number of hydrogen-bond donors (Lipinski definition) is 2. The summed E-state index contributed by atoms with van der Waals surface area (Å²) < 4.78 is 1.97. The molecule has 0 aliphatic carbocycles. The quantitative estimate of drug-likeness (QED) is 0.832. The van der Waals surface area contributed by atoms with Crippen molar-refractivity contribution in [3.05, 3.63) is 47.5 Å². The lowest BCUT2D eigenvalue weighted by atomic mass is 10.2. The standard InChI is InChI=1S/C14H17ClN4O/c1-11-12(15)4-2-5-13(11)18-14(20)17-6-3-8-19-9-7-16-10-19/h2,4-5,7,9-10H,3,6,8H2,1H3,(H2,17,18,20). The largest absolute Gasteiger partial charge is 0.338 e. The molecule has 20 heavy (non-hydrogen) atoms. The summed E-state index contributed by atoms with van der Waals surface area (Å²) in [7, 11) is 0. The Morgan fingerprint density at radius 2 is 2.30 bits per heavy atom. The van der Waals surface area contributed by atoms with E-state index in [-0.39, 0.29) is 6.03 Å². The molecule has 2 aromatic rings. The molecule has 2 N–H and O–H groups in total. The number of urea groups is 1. The lowest BCUT2D eigenvalue weighted by Crippen LogP contribution is -2.30. The Kier molecular flexibility index (Phi) is 5.01. The minimum Gasteiger partial charge on any atom is -0.338 e. The van der Waals surface area contributed by atoms with Crippen LogP contribution in [0.5, 0.6) is 0 Å². The van der Waals surface area contributed by atoms with Gasteiger partial charge in [-0.05, 0) is 31.0 Å². The minimum absolute atomic E-state index is 0.221. The first-order valence-electron chi connectivity index (χ1n) is 6.42. The highest BCUT2D eigenvalue weighted by atomic mass is 35.5. The number of nitrogens with one attached hydrogen (secondary N) is 2. The highest BCUT2D eigenvalue weighted by Gasteiger charge is 2.05. The molecule has 5 nitrogen and oxygen atoms in total. The first-order valence-corrected chi connectivity index (χ1v) is 6.80. The second kappa shape index (κ2) is 6.96. The monoisotopic (exact) mass is 292 g/mol. The summed E-state index contributed by atoms with van der Waals surface area (Å²) in [6.07, 6.45) is 6.24. The van der Waals surface area contributed by atoms with Gasteiger partial charge in [0.25, 0.3) is 0 Å². The van der Waals surface area contributed by atoms with Crippen LogP contribution in [0.4, 0.5) is 10.5 Å². The van der Waals surface area contributed by atoms with Gasteiger partial charge in [-0.25, -0.2) is 9.78 Å². The number of carbonyl (C=O) groups excluding carboxylic acids is 1. The van der Waals surface area contributed by atoms with Gasteiger partial charge < -0.3 is 15.2 Å². The number of rotatable bonds is 5. The lowest BCUT2D eigenvalue weighted by molar-refractivity contribution is 0.252. The molecule has 0 saturated heterocycles. The zero-order chi connectivity index (χ0) is 14.4. The van der Waals surface area contributed by atoms with E-state index in [1.807, 2.05) is 29.8 Å². The fourth-order valence-electron chi connectivity index (χ4n) is 1.79. The molecule has 2 rings (SSSR count). The molecule has 1 heterocycles. The molecule has 0 fully saturated rings. The number of halogens is 1. The summed E-state index contributed by atoms with van der Waals surface area (Å²) in [4.78, 5) is 15.7. The van der Waals surface area contributed by atoms with Crippen LogP contribution in [-0.2, 0) is 6.54 Å². The van der Waals surface area contributed by atoms with Gasteiger partial charge in [0.05, 0.1) is 6.33 Å². The van der Waals surface area contributed by atoms with Gasteiger partial charge in [0.15, 0.2) is 0 Å². The van der Waals surface area contributed by atoms with Gasteiger partial charge in [0.1, 0.15) is 0 Å². The maximum Gasteiger partial charge on any atom is 0.319 e. The van der Waals surface area contributed by atoms with Crippen LogP contribution in [0, 0.1) is 6.92 Å². The average molecular weight is 293 g/mol. The Balaban J connectivity index is 1.74. The predicted molar refractivity (Wildman–Crippen MR) is 80.1 cm³/mol. The summed E-state index contributed by atoms with van der Waals surface area (Å²) in [6, 6.07) is 5.21. The third kappa shape index (κ3) is 3.99. The van der Waals surface area contributed by atoms with Crippen LogP contribution in [0.25, 0.3) is 0 Å². The molecule has 0 bridgehead atoms. The number of anilines is 1. The van der Waals surface area contributed by atoms with Crippen molar-refractivity contribution in [2.45, 2.75) is 19.9 Å². The summed E-state index contributed by atoms with van der Waals surface area (Å²) in [5.74, 6) is 0. The van der Waals surface area contributed by atoms with Crippen LogP contribution < -0.4 is 10.6 Å². The van der Waals surface area contributed by atoms with Crippen molar-refractivity contribution < 1.29 is 4.79 Å². The summed E-state index contributed by atoms with van der Waals surface area (Å²) in [5.41, 5.74) is 1.59. The van der Waals surface area contributed by atoms with E-state index < -0.39 is 0 Å². The van der Waals surface area contributed by atoms with E-state index in [1.54, 1.807) is 18.6 Å². The van der Waals surface area contributed by atoms with Crippen molar-refractivity contribution in [1.82, 2.24) is 14.9 Å². The molecule has 0 saturated carbocycles. The van der Waals surface area contributed by atoms with E-state index in [4.69, 9.17) is 11.6 Å². The number of amides is 2. The second-order valence-electron chi connectivity index (χ2n) is 4.45. The van der Waals surface area contributed by atoms with Crippen LogP contribution in [-0.4, -0.2) is 22.1 Å². The number of aryl methyl sites for hydroxylation is 1. The van der Waals surface area contributed by atoms with Gasteiger partial charge in [-0.15, -0.1) is 0 Å². The fourth-order valence-corrected chi connectivity index (χ4v) is 1.97.